The molecule has 0 saturated heterocycles. The van der Waals surface area contributed by atoms with Crippen LogP contribution in [0.25, 0.3) is 0 Å². The summed E-state index contributed by atoms with van der Waals surface area (Å²) in [6.07, 6.45) is 0. The van der Waals surface area contributed by atoms with Gasteiger partial charge in [0.15, 0.2) is 5.69 Å². The molecule has 5 heteroatoms. The Labute approximate surface area is 68.0 Å². The van der Waals surface area contributed by atoms with Crippen molar-refractivity contribution in [3.63, 3.8) is 0 Å². The molecular formula is C6H5ClN2O2. The first-order chi connectivity index (χ1) is 5.09. The highest BCUT2D eigenvalue weighted by molar-refractivity contribution is 6.30. The molecule has 0 fully saturated rings. The van der Waals surface area contributed by atoms with Gasteiger partial charge in [-0.2, -0.15) is 0 Å². The first-order valence-corrected chi connectivity index (χ1v) is 3.26. The third kappa shape index (κ3) is 1.88. The summed E-state index contributed by atoms with van der Waals surface area (Å²) >= 11 is 5.55. The highest BCUT2D eigenvalue weighted by Gasteiger charge is 2.08. The Bertz CT molecular complexity index is 280. The molecule has 0 amide bonds. The molecule has 0 bridgehead atoms. The highest BCUT2D eigenvalue weighted by Crippen LogP contribution is 2.15. The Morgan fingerprint density at radius 2 is 2.27 bits per heavy atom. The van der Waals surface area contributed by atoms with Gasteiger partial charge in [-0.15, -0.1) is 0 Å². The summed E-state index contributed by atoms with van der Waals surface area (Å²) in [5.74, 6) is -0.213. The quantitative estimate of drug-likeness (QED) is 0.481. The monoisotopic (exact) mass is 172 g/mol. The van der Waals surface area contributed by atoms with E-state index in [0.717, 1.165) is 0 Å². The lowest BCUT2D eigenvalue weighted by Crippen LogP contribution is -1.92. The van der Waals surface area contributed by atoms with Gasteiger partial charge >= 0.3 is 5.82 Å². The van der Waals surface area contributed by atoms with Gasteiger partial charge in [-0.1, -0.05) is 11.6 Å². The second kappa shape index (κ2) is 2.84. The van der Waals surface area contributed by atoms with E-state index in [0.29, 0.717) is 10.7 Å². The zero-order valence-electron chi connectivity index (χ0n) is 5.74. The van der Waals surface area contributed by atoms with Crippen molar-refractivity contribution in [2.45, 2.75) is 6.92 Å². The van der Waals surface area contributed by atoms with Crippen LogP contribution in [0.3, 0.4) is 0 Å². The molecule has 0 atom stereocenters. The number of halogens is 1. The Morgan fingerprint density at radius 1 is 1.64 bits per heavy atom. The molecule has 0 saturated carbocycles. The summed E-state index contributed by atoms with van der Waals surface area (Å²) in [7, 11) is 0. The molecule has 1 rings (SSSR count). The first kappa shape index (κ1) is 7.94. The van der Waals surface area contributed by atoms with Crippen molar-refractivity contribution in [1.82, 2.24) is 4.98 Å². The lowest BCUT2D eigenvalue weighted by atomic mass is 10.4. The third-order valence-corrected chi connectivity index (χ3v) is 1.31. The highest BCUT2D eigenvalue weighted by atomic mass is 35.5. The summed E-state index contributed by atoms with van der Waals surface area (Å²) in [5.41, 5.74) is 0.546. The van der Waals surface area contributed by atoms with E-state index in [4.69, 9.17) is 11.6 Å². The topological polar surface area (TPSA) is 56.0 Å². The van der Waals surface area contributed by atoms with Crippen molar-refractivity contribution in [1.29, 1.82) is 0 Å². The molecule has 0 aliphatic rings. The number of nitrogens with zero attached hydrogens (tertiary/aromatic N) is 2. The molecule has 0 aliphatic carbocycles. The Morgan fingerprint density at radius 3 is 2.73 bits per heavy atom. The molecule has 0 radical (unpaired) electrons. The molecule has 4 nitrogen and oxygen atoms in total. The van der Waals surface area contributed by atoms with E-state index < -0.39 is 4.92 Å². The predicted octanol–water partition coefficient (Wildman–Crippen LogP) is 1.95. The number of rotatable bonds is 1. The van der Waals surface area contributed by atoms with Crippen molar-refractivity contribution in [3.8, 4) is 0 Å². The van der Waals surface area contributed by atoms with Gasteiger partial charge < -0.3 is 10.1 Å². The van der Waals surface area contributed by atoms with Crippen molar-refractivity contribution < 1.29 is 4.92 Å². The van der Waals surface area contributed by atoms with Gasteiger partial charge in [0.05, 0.1) is 11.1 Å². The second-order valence-corrected chi connectivity index (χ2v) is 2.48. The molecule has 11 heavy (non-hydrogen) atoms. The van der Waals surface area contributed by atoms with Crippen LogP contribution in [0.2, 0.25) is 5.02 Å². The summed E-state index contributed by atoms with van der Waals surface area (Å²) in [6, 6.07) is 2.78. The molecule has 0 unspecified atom stereocenters. The fraction of sp³-hybridized carbons (Fsp3) is 0.167. The molecule has 1 aromatic rings. The number of hydrogen-bond donors (Lipinski definition) is 0. The normalized spacial score (nSPS) is 9.64. The van der Waals surface area contributed by atoms with Gasteiger partial charge in [-0.3, -0.25) is 0 Å². The fourth-order valence-electron chi connectivity index (χ4n) is 0.703. The minimum absolute atomic E-state index is 0.213. The maximum atomic E-state index is 10.2. The number of pyridine rings is 1. The second-order valence-electron chi connectivity index (χ2n) is 2.04. The van der Waals surface area contributed by atoms with Gasteiger partial charge in [0.1, 0.15) is 0 Å². The van der Waals surface area contributed by atoms with Crippen LogP contribution in [0.4, 0.5) is 5.82 Å². The van der Waals surface area contributed by atoms with Gasteiger partial charge in [0.25, 0.3) is 0 Å². The van der Waals surface area contributed by atoms with Gasteiger partial charge in [-0.05, 0) is 9.91 Å². The van der Waals surface area contributed by atoms with Gasteiger partial charge in [0, 0.05) is 13.0 Å². The number of aryl methyl sites for hydroxylation is 1. The van der Waals surface area contributed by atoms with E-state index >= 15 is 0 Å². The maximum Gasteiger partial charge on any atom is 0.365 e. The molecule has 0 aromatic carbocycles. The van der Waals surface area contributed by atoms with Crippen LogP contribution in [0.1, 0.15) is 5.69 Å². The maximum absolute atomic E-state index is 10.2. The number of nitro groups is 1. The average Bonchev–Trinajstić information content (AvgIpc) is 1.85. The van der Waals surface area contributed by atoms with Crippen molar-refractivity contribution in [2.24, 2.45) is 0 Å². The van der Waals surface area contributed by atoms with Crippen LogP contribution in [0.5, 0.6) is 0 Å². The van der Waals surface area contributed by atoms with Gasteiger partial charge in [0.2, 0.25) is 0 Å². The lowest BCUT2D eigenvalue weighted by Gasteiger charge is -1.92. The zero-order chi connectivity index (χ0) is 8.43. The largest absolute Gasteiger partial charge is 0.365 e. The standard InChI is InChI=1S/C6H5ClN2O2/c1-4-2-5(7)3-6(8-4)9(10)11/h2-3H,1H3. The van der Waals surface area contributed by atoms with Crippen molar-refractivity contribution >= 4 is 17.4 Å². The van der Waals surface area contributed by atoms with Crippen LogP contribution in [-0.2, 0) is 0 Å². The average molecular weight is 173 g/mol. The zero-order valence-corrected chi connectivity index (χ0v) is 6.50. The van der Waals surface area contributed by atoms with Crippen LogP contribution in [0.15, 0.2) is 12.1 Å². The number of hydrogen-bond acceptors (Lipinski definition) is 3. The lowest BCUT2D eigenvalue weighted by molar-refractivity contribution is -0.389. The van der Waals surface area contributed by atoms with E-state index in [2.05, 4.69) is 4.98 Å². The minimum atomic E-state index is -0.571. The van der Waals surface area contributed by atoms with Crippen LogP contribution in [-0.4, -0.2) is 9.91 Å². The molecule has 0 spiro atoms. The molecule has 0 N–H and O–H groups in total. The van der Waals surface area contributed by atoms with E-state index in [1.807, 2.05) is 0 Å². The van der Waals surface area contributed by atoms with E-state index in [1.165, 1.54) is 6.07 Å². The summed E-state index contributed by atoms with van der Waals surface area (Å²) < 4.78 is 0. The van der Waals surface area contributed by atoms with Crippen LogP contribution < -0.4 is 0 Å². The summed E-state index contributed by atoms with van der Waals surface area (Å²) in [4.78, 5) is 13.3. The molecule has 1 aromatic heterocycles. The third-order valence-electron chi connectivity index (χ3n) is 1.09. The summed E-state index contributed by atoms with van der Waals surface area (Å²) in [5, 5.41) is 10.5. The molecular weight excluding hydrogens is 168 g/mol. The fourth-order valence-corrected chi connectivity index (χ4v) is 0.959. The molecule has 58 valence electrons. The molecule has 1 heterocycles. The molecule has 0 aliphatic heterocycles. The van der Waals surface area contributed by atoms with Crippen molar-refractivity contribution in [2.75, 3.05) is 0 Å². The van der Waals surface area contributed by atoms with E-state index in [-0.39, 0.29) is 5.82 Å². The smallest absolute Gasteiger partial charge is 0.358 e. The van der Waals surface area contributed by atoms with E-state index in [1.54, 1.807) is 13.0 Å². The Balaban J connectivity index is 3.19. The van der Waals surface area contributed by atoms with E-state index in [9.17, 15) is 10.1 Å². The number of aromatic nitrogens is 1. The van der Waals surface area contributed by atoms with Gasteiger partial charge in [-0.25, -0.2) is 0 Å². The Kier molecular flexibility index (Phi) is 2.05. The minimum Gasteiger partial charge on any atom is -0.358 e. The Hall–Kier alpha value is -1.16. The predicted molar refractivity (Wildman–Crippen MR) is 40.6 cm³/mol. The SMILES string of the molecule is Cc1cc(Cl)cc([N+](=O)[O-])n1. The van der Waals surface area contributed by atoms with Crippen molar-refractivity contribution in [3.05, 3.63) is 33.0 Å². The summed E-state index contributed by atoms with van der Waals surface area (Å²) in [6.45, 7) is 1.65. The van der Waals surface area contributed by atoms with Crippen LogP contribution in [0, 0.1) is 17.0 Å². The first-order valence-electron chi connectivity index (χ1n) is 2.88. The van der Waals surface area contributed by atoms with Crippen LogP contribution >= 0.6 is 11.6 Å².